The van der Waals surface area contributed by atoms with E-state index in [0.717, 1.165) is 22.7 Å². The Morgan fingerprint density at radius 2 is 2.19 bits per heavy atom. The molecule has 1 amide bonds. The zero-order valence-electron chi connectivity index (χ0n) is 12.0. The number of ether oxygens (including phenoxy) is 1. The van der Waals surface area contributed by atoms with Gasteiger partial charge in [0.15, 0.2) is 0 Å². The number of anilines is 1. The summed E-state index contributed by atoms with van der Waals surface area (Å²) in [5.41, 5.74) is 3.18. The van der Waals surface area contributed by atoms with Crippen molar-refractivity contribution in [3.63, 3.8) is 0 Å². The van der Waals surface area contributed by atoms with Crippen molar-refractivity contribution in [2.45, 2.75) is 13.0 Å². The minimum absolute atomic E-state index is 0.125. The smallest absolute Gasteiger partial charge is 0.255 e. The van der Waals surface area contributed by atoms with E-state index in [2.05, 4.69) is 15.6 Å². The molecule has 0 aliphatic carbocycles. The number of rotatable bonds is 3. The standard InChI is InChI=1S/C16H17N3O2/c1-10-7-13(17-2)12(8-18-10)16(20)19-14-9-21-15-6-4-3-5-11(14)15/h3-8,14H,9H2,1-2H3,(H,17,18)(H,19,20). The Morgan fingerprint density at radius 3 is 3.00 bits per heavy atom. The van der Waals surface area contributed by atoms with Gasteiger partial charge in [-0.15, -0.1) is 0 Å². The molecule has 0 fully saturated rings. The number of nitrogens with one attached hydrogen (secondary N) is 2. The normalized spacial score (nSPS) is 16.0. The lowest BCUT2D eigenvalue weighted by Gasteiger charge is -2.14. The fourth-order valence-corrected chi connectivity index (χ4v) is 2.47. The van der Waals surface area contributed by atoms with Crippen molar-refractivity contribution >= 4 is 11.6 Å². The molecule has 2 aromatic rings. The molecule has 2 heterocycles. The van der Waals surface area contributed by atoms with Gasteiger partial charge in [0.05, 0.1) is 17.3 Å². The van der Waals surface area contributed by atoms with E-state index < -0.39 is 0 Å². The summed E-state index contributed by atoms with van der Waals surface area (Å²) in [6, 6.07) is 9.48. The van der Waals surface area contributed by atoms with E-state index in [0.29, 0.717) is 12.2 Å². The molecule has 0 radical (unpaired) electrons. The number of hydrogen-bond acceptors (Lipinski definition) is 4. The van der Waals surface area contributed by atoms with Crippen LogP contribution in [0.4, 0.5) is 5.69 Å². The van der Waals surface area contributed by atoms with Gasteiger partial charge in [0.2, 0.25) is 0 Å². The van der Waals surface area contributed by atoms with Crippen LogP contribution in [0.2, 0.25) is 0 Å². The van der Waals surface area contributed by atoms with E-state index in [-0.39, 0.29) is 11.9 Å². The fourth-order valence-electron chi connectivity index (χ4n) is 2.47. The molecule has 0 saturated heterocycles. The zero-order chi connectivity index (χ0) is 14.8. The lowest BCUT2D eigenvalue weighted by Crippen LogP contribution is -2.30. The highest BCUT2D eigenvalue weighted by molar-refractivity contribution is 5.99. The van der Waals surface area contributed by atoms with Crippen molar-refractivity contribution in [2.24, 2.45) is 0 Å². The lowest BCUT2D eigenvalue weighted by atomic mass is 10.1. The van der Waals surface area contributed by atoms with Crippen LogP contribution < -0.4 is 15.4 Å². The van der Waals surface area contributed by atoms with Crippen molar-refractivity contribution in [1.29, 1.82) is 0 Å². The number of carbonyl (C=O) groups excluding carboxylic acids is 1. The van der Waals surface area contributed by atoms with E-state index in [1.807, 2.05) is 37.3 Å². The van der Waals surface area contributed by atoms with Crippen LogP contribution in [0.25, 0.3) is 0 Å². The molecule has 3 rings (SSSR count). The Balaban J connectivity index is 1.82. The van der Waals surface area contributed by atoms with E-state index in [1.165, 1.54) is 0 Å². The maximum atomic E-state index is 12.5. The molecule has 2 N–H and O–H groups in total. The van der Waals surface area contributed by atoms with E-state index >= 15 is 0 Å². The molecule has 1 atom stereocenters. The Morgan fingerprint density at radius 1 is 1.38 bits per heavy atom. The van der Waals surface area contributed by atoms with Gasteiger partial charge in [0, 0.05) is 24.5 Å². The van der Waals surface area contributed by atoms with Crippen LogP contribution in [0.1, 0.15) is 27.7 Å². The Bertz CT molecular complexity index is 685. The van der Waals surface area contributed by atoms with Gasteiger partial charge in [-0.1, -0.05) is 18.2 Å². The minimum atomic E-state index is -0.155. The van der Waals surface area contributed by atoms with Gasteiger partial charge in [0.1, 0.15) is 12.4 Å². The van der Waals surface area contributed by atoms with Gasteiger partial charge >= 0.3 is 0 Å². The molecule has 1 unspecified atom stereocenters. The van der Waals surface area contributed by atoms with Crippen LogP contribution in [0.3, 0.4) is 0 Å². The van der Waals surface area contributed by atoms with Gasteiger partial charge in [-0.05, 0) is 19.1 Å². The molecular formula is C16H17N3O2. The molecule has 0 spiro atoms. The van der Waals surface area contributed by atoms with Crippen molar-refractivity contribution in [3.05, 3.63) is 53.3 Å². The topological polar surface area (TPSA) is 63.2 Å². The highest BCUT2D eigenvalue weighted by atomic mass is 16.5. The Hall–Kier alpha value is -2.56. The summed E-state index contributed by atoms with van der Waals surface area (Å²) in [6.07, 6.45) is 1.60. The van der Waals surface area contributed by atoms with Crippen molar-refractivity contribution < 1.29 is 9.53 Å². The van der Waals surface area contributed by atoms with Crippen LogP contribution >= 0.6 is 0 Å². The number of pyridine rings is 1. The summed E-state index contributed by atoms with van der Waals surface area (Å²) in [5, 5.41) is 6.03. The summed E-state index contributed by atoms with van der Waals surface area (Å²) < 4.78 is 5.58. The summed E-state index contributed by atoms with van der Waals surface area (Å²) in [6.45, 7) is 2.35. The van der Waals surface area contributed by atoms with E-state index in [1.54, 1.807) is 13.2 Å². The number of aromatic nitrogens is 1. The maximum absolute atomic E-state index is 12.5. The molecule has 0 saturated carbocycles. The number of aryl methyl sites for hydroxylation is 1. The third kappa shape index (κ3) is 2.54. The lowest BCUT2D eigenvalue weighted by molar-refractivity contribution is 0.0931. The first-order valence-corrected chi connectivity index (χ1v) is 6.86. The summed E-state index contributed by atoms with van der Waals surface area (Å²) >= 11 is 0. The minimum Gasteiger partial charge on any atom is -0.491 e. The fraction of sp³-hybridized carbons (Fsp3) is 0.250. The second kappa shape index (κ2) is 5.44. The molecule has 0 bridgehead atoms. The maximum Gasteiger partial charge on any atom is 0.255 e. The molecule has 1 aromatic heterocycles. The number of fused-ring (bicyclic) bond motifs is 1. The number of benzene rings is 1. The average molecular weight is 283 g/mol. The second-order valence-electron chi connectivity index (χ2n) is 5.00. The predicted molar refractivity (Wildman–Crippen MR) is 80.7 cm³/mol. The predicted octanol–water partition coefficient (Wildman–Crippen LogP) is 2.30. The third-order valence-electron chi connectivity index (χ3n) is 3.56. The van der Waals surface area contributed by atoms with E-state index in [9.17, 15) is 4.79 Å². The molecule has 5 heteroatoms. The molecule has 5 nitrogen and oxygen atoms in total. The van der Waals surface area contributed by atoms with Crippen LogP contribution in [-0.2, 0) is 0 Å². The Labute approximate surface area is 123 Å². The first kappa shape index (κ1) is 13.4. The van der Waals surface area contributed by atoms with Gasteiger partial charge in [-0.3, -0.25) is 9.78 Å². The van der Waals surface area contributed by atoms with Gasteiger partial charge in [-0.25, -0.2) is 0 Å². The molecule has 1 aliphatic rings. The SMILES string of the molecule is CNc1cc(C)ncc1C(=O)NC1COc2ccccc21. The molecular weight excluding hydrogens is 266 g/mol. The molecule has 108 valence electrons. The summed E-state index contributed by atoms with van der Waals surface area (Å²) in [7, 11) is 1.79. The highest BCUT2D eigenvalue weighted by Gasteiger charge is 2.26. The number of carbonyl (C=O) groups is 1. The first-order valence-electron chi connectivity index (χ1n) is 6.86. The molecule has 21 heavy (non-hydrogen) atoms. The quantitative estimate of drug-likeness (QED) is 0.907. The molecule has 1 aliphatic heterocycles. The average Bonchev–Trinajstić information content (AvgIpc) is 2.90. The largest absolute Gasteiger partial charge is 0.491 e. The number of hydrogen-bond donors (Lipinski definition) is 2. The van der Waals surface area contributed by atoms with Gasteiger partial charge in [-0.2, -0.15) is 0 Å². The number of para-hydroxylation sites is 1. The Kier molecular flexibility index (Phi) is 3.48. The van der Waals surface area contributed by atoms with E-state index in [4.69, 9.17) is 4.74 Å². The van der Waals surface area contributed by atoms with Crippen molar-refractivity contribution in [2.75, 3.05) is 19.0 Å². The first-order chi connectivity index (χ1) is 10.2. The zero-order valence-corrected chi connectivity index (χ0v) is 12.0. The van der Waals surface area contributed by atoms with Gasteiger partial charge < -0.3 is 15.4 Å². The highest BCUT2D eigenvalue weighted by Crippen LogP contribution is 2.32. The second-order valence-corrected chi connectivity index (χ2v) is 5.00. The van der Waals surface area contributed by atoms with Crippen molar-refractivity contribution in [1.82, 2.24) is 10.3 Å². The molecule has 1 aromatic carbocycles. The monoisotopic (exact) mass is 283 g/mol. The number of nitrogens with zero attached hydrogens (tertiary/aromatic N) is 1. The summed E-state index contributed by atoms with van der Waals surface area (Å²) in [4.78, 5) is 16.7. The van der Waals surface area contributed by atoms with Crippen molar-refractivity contribution in [3.8, 4) is 5.75 Å². The van der Waals surface area contributed by atoms with Crippen LogP contribution in [0.15, 0.2) is 36.5 Å². The number of amides is 1. The third-order valence-corrected chi connectivity index (χ3v) is 3.56. The summed E-state index contributed by atoms with van der Waals surface area (Å²) in [5.74, 6) is 0.677. The van der Waals surface area contributed by atoms with Crippen LogP contribution in [-0.4, -0.2) is 24.5 Å². The van der Waals surface area contributed by atoms with Gasteiger partial charge in [0.25, 0.3) is 5.91 Å². The van der Waals surface area contributed by atoms with Crippen LogP contribution in [0, 0.1) is 6.92 Å². The van der Waals surface area contributed by atoms with Crippen LogP contribution in [0.5, 0.6) is 5.75 Å².